The summed E-state index contributed by atoms with van der Waals surface area (Å²) in [6.07, 6.45) is 0.137. The standard InChI is InChI=1S/C44H49N5O12/c1-6-7-17-49(43(58)61-22-60-42(57)25-15-13-24(14-16-25)23-11-9-8-10-12-23)21-31(50)46-29-20-30(47(2)3)27-18-26-19-28-35(48(4)5)38(53)34(41(45)56)40(55)44(28,59)39(54)32(26)37(52)33(27)36(29)51/h8-16,20,26,28,35,51-52,55,59H,6-7,17-19,21-22H2,1-5H3,(H2,45,56)(H,46,50)/t26-,28-,35-,44-/m0/s1. The smallest absolute Gasteiger partial charge is 0.413 e. The van der Waals surface area contributed by atoms with Gasteiger partial charge >= 0.3 is 12.1 Å². The van der Waals surface area contributed by atoms with Gasteiger partial charge in [0.05, 0.1) is 22.9 Å². The topological polar surface area (TPSA) is 250 Å². The summed E-state index contributed by atoms with van der Waals surface area (Å²) < 4.78 is 10.4. The number of phenols is 1. The van der Waals surface area contributed by atoms with Crippen molar-refractivity contribution in [2.75, 3.05) is 58.3 Å². The maximum absolute atomic E-state index is 14.3. The zero-order valence-electron chi connectivity index (χ0n) is 34.4. The van der Waals surface area contributed by atoms with Crippen LogP contribution in [0.25, 0.3) is 16.9 Å². The van der Waals surface area contributed by atoms with Gasteiger partial charge in [-0.25, -0.2) is 9.59 Å². The molecule has 3 aliphatic rings. The number of carbonyl (C=O) groups is 6. The molecule has 1 fully saturated rings. The number of likely N-dealkylation sites (N-methyl/N-ethyl adjacent to an activating group) is 1. The largest absolute Gasteiger partial charge is 0.508 e. The third-order valence-corrected chi connectivity index (χ3v) is 11.4. The van der Waals surface area contributed by atoms with E-state index in [1.165, 1.54) is 25.1 Å². The quantitative estimate of drug-likeness (QED) is 0.0622. The summed E-state index contributed by atoms with van der Waals surface area (Å²) in [6, 6.07) is 16.5. The molecule has 3 amide bonds. The van der Waals surface area contributed by atoms with Crippen molar-refractivity contribution in [3.8, 4) is 16.9 Å². The maximum atomic E-state index is 14.3. The molecule has 0 saturated heterocycles. The van der Waals surface area contributed by atoms with E-state index in [0.717, 1.165) is 16.0 Å². The third-order valence-electron chi connectivity index (χ3n) is 11.4. The van der Waals surface area contributed by atoms with E-state index in [-0.39, 0.29) is 41.8 Å². The number of hydrogen-bond donors (Lipinski definition) is 6. The minimum atomic E-state index is -2.82. The fraction of sp³-hybridized carbons (Fsp3) is 0.364. The fourth-order valence-corrected chi connectivity index (χ4v) is 8.47. The van der Waals surface area contributed by atoms with E-state index in [1.54, 1.807) is 43.3 Å². The summed E-state index contributed by atoms with van der Waals surface area (Å²) in [4.78, 5) is 83.7. The van der Waals surface area contributed by atoms with Gasteiger partial charge in [-0.05, 0) is 74.2 Å². The predicted octanol–water partition coefficient (Wildman–Crippen LogP) is 3.69. The first kappa shape index (κ1) is 43.8. The Hall–Kier alpha value is -6.72. The number of aromatic hydroxyl groups is 1. The summed E-state index contributed by atoms with van der Waals surface area (Å²) in [5.41, 5.74) is 3.83. The van der Waals surface area contributed by atoms with Crippen LogP contribution in [0, 0.1) is 11.8 Å². The molecule has 3 aliphatic carbocycles. The first-order valence-electron chi connectivity index (χ1n) is 19.7. The number of amides is 3. The van der Waals surface area contributed by atoms with Crippen LogP contribution in [0.1, 0.15) is 47.7 Å². The van der Waals surface area contributed by atoms with Crippen LogP contribution in [-0.2, 0) is 35.1 Å². The van der Waals surface area contributed by atoms with Crippen molar-refractivity contribution in [1.29, 1.82) is 0 Å². The molecule has 1 saturated carbocycles. The van der Waals surface area contributed by atoms with Crippen LogP contribution < -0.4 is 16.0 Å². The summed E-state index contributed by atoms with van der Waals surface area (Å²) in [5, 5.41) is 49.1. The Labute approximate surface area is 351 Å². The van der Waals surface area contributed by atoms with E-state index < -0.39 is 95.1 Å². The second-order valence-electron chi connectivity index (χ2n) is 15.7. The van der Waals surface area contributed by atoms with Gasteiger partial charge in [0.15, 0.2) is 11.4 Å². The summed E-state index contributed by atoms with van der Waals surface area (Å²) in [7, 11) is 6.40. The Morgan fingerprint density at radius 1 is 0.934 bits per heavy atom. The van der Waals surface area contributed by atoms with E-state index in [2.05, 4.69) is 5.32 Å². The SMILES string of the molecule is CCCCN(CC(=O)Nc1cc(N(C)C)c2c(c1O)C(O)=C1C(=O)[C@]3(O)C(O)=C(C(N)=O)C(=O)[C@@H](N(C)C)[C@@H]3C[C@@H]1C2)C(=O)OCOC(=O)c1ccc(-c2ccccc2)cc1. The maximum Gasteiger partial charge on any atom is 0.413 e. The average Bonchev–Trinajstić information content (AvgIpc) is 3.21. The monoisotopic (exact) mass is 839 g/mol. The molecule has 7 N–H and O–H groups in total. The Balaban J connectivity index is 1.21. The van der Waals surface area contributed by atoms with E-state index in [0.29, 0.717) is 24.1 Å². The van der Waals surface area contributed by atoms with Crippen LogP contribution in [0.3, 0.4) is 0 Å². The van der Waals surface area contributed by atoms with Crippen LogP contribution in [0.2, 0.25) is 0 Å². The van der Waals surface area contributed by atoms with Crippen molar-refractivity contribution in [3.63, 3.8) is 0 Å². The number of benzene rings is 3. The van der Waals surface area contributed by atoms with Crippen LogP contribution in [0.5, 0.6) is 5.75 Å². The molecule has 0 spiro atoms. The lowest BCUT2D eigenvalue weighted by Crippen LogP contribution is -2.65. The molecule has 17 heteroatoms. The Morgan fingerprint density at radius 2 is 1.59 bits per heavy atom. The van der Waals surface area contributed by atoms with Crippen molar-refractivity contribution in [1.82, 2.24) is 9.80 Å². The number of phenolic OH excluding ortho intramolecular Hbond substituents is 1. The van der Waals surface area contributed by atoms with Crippen molar-refractivity contribution >= 4 is 52.6 Å². The number of primary amides is 1. The first-order chi connectivity index (χ1) is 28.9. The average molecular weight is 840 g/mol. The Kier molecular flexibility index (Phi) is 12.6. The van der Waals surface area contributed by atoms with Gasteiger partial charge in [-0.1, -0.05) is 55.8 Å². The number of ether oxygens (including phenoxy) is 2. The van der Waals surface area contributed by atoms with Crippen molar-refractivity contribution in [2.45, 2.75) is 44.2 Å². The van der Waals surface area contributed by atoms with Gasteiger partial charge in [0.1, 0.15) is 29.4 Å². The molecule has 0 aliphatic heterocycles. The number of fused-ring (bicyclic) bond motifs is 3. The molecule has 17 nitrogen and oxygen atoms in total. The van der Waals surface area contributed by atoms with Crippen molar-refractivity contribution in [3.05, 3.63) is 94.3 Å². The summed E-state index contributed by atoms with van der Waals surface area (Å²) in [5.74, 6) is -9.50. The van der Waals surface area contributed by atoms with Gasteiger partial charge in [0.25, 0.3) is 5.91 Å². The second-order valence-corrected chi connectivity index (χ2v) is 15.7. The number of carbonyl (C=O) groups excluding carboxylic acids is 6. The fourth-order valence-electron chi connectivity index (χ4n) is 8.47. The van der Waals surface area contributed by atoms with Gasteiger partial charge in [0, 0.05) is 37.8 Å². The zero-order valence-corrected chi connectivity index (χ0v) is 34.4. The Morgan fingerprint density at radius 3 is 2.20 bits per heavy atom. The van der Waals surface area contributed by atoms with E-state index >= 15 is 0 Å². The highest BCUT2D eigenvalue weighted by molar-refractivity contribution is 6.24. The highest BCUT2D eigenvalue weighted by Crippen LogP contribution is 2.54. The molecule has 0 unspecified atom stereocenters. The molecule has 6 rings (SSSR count). The molecule has 0 heterocycles. The number of esters is 1. The molecule has 3 aromatic carbocycles. The number of aliphatic hydroxyl groups is 3. The van der Waals surface area contributed by atoms with Crippen molar-refractivity contribution < 1.29 is 58.7 Å². The lowest BCUT2D eigenvalue weighted by molar-refractivity contribution is -0.153. The third kappa shape index (κ3) is 8.13. The molecular formula is C44H49N5O12. The molecule has 0 bridgehead atoms. The summed E-state index contributed by atoms with van der Waals surface area (Å²) >= 11 is 0. The molecule has 0 radical (unpaired) electrons. The predicted molar refractivity (Wildman–Crippen MR) is 222 cm³/mol. The minimum Gasteiger partial charge on any atom is -0.508 e. The van der Waals surface area contributed by atoms with Gasteiger partial charge in [-0.2, -0.15) is 0 Å². The summed E-state index contributed by atoms with van der Waals surface area (Å²) in [6.45, 7) is 0.693. The molecule has 0 aromatic heterocycles. The van der Waals surface area contributed by atoms with Gasteiger partial charge in [-0.15, -0.1) is 0 Å². The van der Waals surface area contributed by atoms with Crippen LogP contribution >= 0.6 is 0 Å². The number of rotatable bonds is 13. The zero-order chi connectivity index (χ0) is 44.5. The van der Waals surface area contributed by atoms with Crippen molar-refractivity contribution in [2.24, 2.45) is 17.6 Å². The number of hydrogen-bond acceptors (Lipinski definition) is 14. The van der Waals surface area contributed by atoms with Gasteiger partial charge in [-0.3, -0.25) is 29.0 Å². The number of Topliss-reactive ketones (excluding diaryl/α,β-unsaturated/α-hetero) is 2. The highest BCUT2D eigenvalue weighted by atomic mass is 16.7. The number of nitrogens with one attached hydrogen (secondary N) is 1. The van der Waals surface area contributed by atoms with Crippen LogP contribution in [0.15, 0.2) is 77.6 Å². The normalized spacial score (nSPS) is 20.7. The lowest BCUT2D eigenvalue weighted by atomic mass is 9.57. The second kappa shape index (κ2) is 17.5. The lowest BCUT2D eigenvalue weighted by Gasteiger charge is -2.50. The molecular weight excluding hydrogens is 791 g/mol. The molecule has 4 atom stereocenters. The van der Waals surface area contributed by atoms with Crippen LogP contribution in [0.4, 0.5) is 16.2 Å². The molecule has 61 heavy (non-hydrogen) atoms. The first-order valence-corrected chi connectivity index (χ1v) is 19.7. The van der Waals surface area contributed by atoms with E-state index in [9.17, 15) is 49.2 Å². The highest BCUT2D eigenvalue weighted by Gasteiger charge is 2.64. The number of nitrogens with two attached hydrogens (primary N) is 1. The minimum absolute atomic E-state index is 0.0318. The van der Waals surface area contributed by atoms with Crippen LogP contribution in [-0.4, -0.2) is 125 Å². The number of unbranched alkanes of at least 4 members (excludes halogenated alkanes) is 1. The Bertz CT molecular complexity index is 2340. The number of nitrogens with zero attached hydrogens (tertiary/aromatic N) is 3. The van der Waals surface area contributed by atoms with Gasteiger partial charge in [0.2, 0.25) is 18.5 Å². The number of aliphatic hydroxyl groups excluding tert-OH is 2. The number of ketones is 2. The van der Waals surface area contributed by atoms with E-state index in [4.69, 9.17) is 15.2 Å². The van der Waals surface area contributed by atoms with Gasteiger partial charge < -0.3 is 45.9 Å². The molecule has 3 aromatic rings. The molecule has 322 valence electrons. The van der Waals surface area contributed by atoms with E-state index in [1.807, 2.05) is 37.3 Å². The number of anilines is 2.